The molecule has 1 aliphatic rings. The van der Waals surface area contributed by atoms with E-state index < -0.39 is 8.32 Å². The number of hydrogen-bond acceptors (Lipinski definition) is 2. The Balaban J connectivity index is 2.31. The lowest BCUT2D eigenvalue weighted by atomic mass is 10.0. The van der Waals surface area contributed by atoms with Crippen LogP contribution in [0.1, 0.15) is 77.8 Å². The van der Waals surface area contributed by atoms with Crippen LogP contribution in [-0.4, -0.2) is 14.4 Å². The van der Waals surface area contributed by atoms with E-state index in [0.29, 0.717) is 12.0 Å². The first-order chi connectivity index (χ1) is 12.0. The minimum absolute atomic E-state index is 0.206. The van der Waals surface area contributed by atoms with Gasteiger partial charge in [-0.3, -0.25) is 0 Å². The molecule has 1 aliphatic carbocycles. The first-order valence-corrected chi connectivity index (χ1v) is 13.4. The molecule has 0 aromatic heterocycles. The molecule has 1 aromatic rings. The van der Waals surface area contributed by atoms with Crippen LogP contribution in [0.3, 0.4) is 0 Å². The predicted molar refractivity (Wildman–Crippen MR) is 115 cm³/mol. The Morgan fingerprint density at radius 2 is 1.81 bits per heavy atom. The van der Waals surface area contributed by atoms with Crippen LogP contribution < -0.4 is 9.16 Å². The summed E-state index contributed by atoms with van der Waals surface area (Å²) >= 11 is 0. The smallest absolute Gasteiger partial charge is 0.250 e. The third-order valence-electron chi connectivity index (χ3n) is 6.39. The van der Waals surface area contributed by atoms with Gasteiger partial charge in [-0.05, 0) is 86.3 Å². The summed E-state index contributed by atoms with van der Waals surface area (Å²) in [6.07, 6.45) is 7.60. The lowest BCUT2D eigenvalue weighted by molar-refractivity contribution is 0.166. The number of benzene rings is 1. The maximum Gasteiger partial charge on any atom is 0.250 e. The van der Waals surface area contributed by atoms with E-state index in [1.54, 1.807) is 0 Å². The third-order valence-corrected chi connectivity index (χ3v) is 10.7. The van der Waals surface area contributed by atoms with Gasteiger partial charge in [-0.25, -0.2) is 0 Å². The topological polar surface area (TPSA) is 18.5 Å². The summed E-state index contributed by atoms with van der Waals surface area (Å²) in [6.45, 7) is 18.3. The van der Waals surface area contributed by atoms with Gasteiger partial charge in [0.2, 0.25) is 8.32 Å². The highest BCUT2D eigenvalue weighted by atomic mass is 28.4. The molecule has 0 bridgehead atoms. The molecule has 0 heterocycles. The van der Waals surface area contributed by atoms with E-state index in [2.05, 4.69) is 66.8 Å². The molecule has 148 valence electrons. The molecule has 0 amide bonds. The normalized spacial score (nSPS) is 21.1. The molecule has 1 aromatic carbocycles. The van der Waals surface area contributed by atoms with Crippen LogP contribution in [0.4, 0.5) is 0 Å². The molecular weight excluding hydrogens is 336 g/mol. The third kappa shape index (κ3) is 5.06. The van der Waals surface area contributed by atoms with Gasteiger partial charge in [0.1, 0.15) is 17.6 Å². The Kier molecular flexibility index (Phi) is 6.87. The summed E-state index contributed by atoms with van der Waals surface area (Å²) < 4.78 is 13.2. The Morgan fingerprint density at radius 3 is 2.35 bits per heavy atom. The van der Waals surface area contributed by atoms with Gasteiger partial charge in [0.25, 0.3) is 0 Å². The molecule has 26 heavy (non-hydrogen) atoms. The Morgan fingerprint density at radius 1 is 1.12 bits per heavy atom. The largest absolute Gasteiger partial charge is 0.543 e. The van der Waals surface area contributed by atoms with Crippen LogP contribution in [-0.2, 0) is 6.42 Å². The van der Waals surface area contributed by atoms with E-state index in [4.69, 9.17) is 9.16 Å². The molecule has 0 aliphatic heterocycles. The first-order valence-electron chi connectivity index (χ1n) is 10.5. The van der Waals surface area contributed by atoms with E-state index in [0.717, 1.165) is 17.9 Å². The van der Waals surface area contributed by atoms with Crippen molar-refractivity contribution >= 4 is 8.32 Å². The van der Waals surface area contributed by atoms with Crippen LogP contribution in [0, 0.1) is 12.8 Å². The summed E-state index contributed by atoms with van der Waals surface area (Å²) in [5.74, 6) is 2.82. The molecule has 2 atom stereocenters. The predicted octanol–water partition coefficient (Wildman–Crippen LogP) is 7.29. The highest BCUT2D eigenvalue weighted by Gasteiger charge is 2.39. The van der Waals surface area contributed by atoms with Crippen molar-refractivity contribution in [3.8, 4) is 11.5 Å². The van der Waals surface area contributed by atoms with Crippen molar-refractivity contribution < 1.29 is 9.16 Å². The summed E-state index contributed by atoms with van der Waals surface area (Å²) in [4.78, 5) is 0. The average Bonchev–Trinajstić information content (AvgIpc) is 2.92. The van der Waals surface area contributed by atoms with Crippen LogP contribution in [0.15, 0.2) is 12.1 Å². The zero-order valence-electron chi connectivity index (χ0n) is 18.4. The van der Waals surface area contributed by atoms with Crippen molar-refractivity contribution in [3.63, 3.8) is 0 Å². The first kappa shape index (κ1) is 21.3. The van der Waals surface area contributed by atoms with E-state index in [1.807, 2.05) is 0 Å². The standard InChI is InChI=1S/C23H40O2Si/c1-9-10-13-19-16-21(24-20-14-11-12-17(20)2)18(3)15-22(19)25-26(7,8)23(4,5)6/h15-17,20H,9-14H2,1-8H3/t17-,20-/m1/s1. The van der Waals surface area contributed by atoms with Gasteiger partial charge >= 0.3 is 0 Å². The second kappa shape index (κ2) is 8.37. The van der Waals surface area contributed by atoms with Gasteiger partial charge in [0, 0.05) is 0 Å². The Labute approximate surface area is 162 Å². The molecule has 1 saturated carbocycles. The SMILES string of the molecule is CCCCc1cc(O[C@@H]2CCC[C@H]2C)c(C)cc1O[Si](C)(C)C(C)(C)C. The van der Waals surface area contributed by atoms with E-state index in [9.17, 15) is 0 Å². The second-order valence-corrected chi connectivity index (χ2v) is 14.5. The lowest BCUT2D eigenvalue weighted by Crippen LogP contribution is -2.44. The highest BCUT2D eigenvalue weighted by molar-refractivity contribution is 6.74. The molecule has 3 heteroatoms. The zero-order valence-corrected chi connectivity index (χ0v) is 19.4. The van der Waals surface area contributed by atoms with Crippen LogP contribution >= 0.6 is 0 Å². The summed E-state index contributed by atoms with van der Waals surface area (Å²) in [6, 6.07) is 4.51. The Hall–Kier alpha value is -0.963. The molecule has 0 saturated heterocycles. The molecule has 0 N–H and O–H groups in total. The average molecular weight is 377 g/mol. The van der Waals surface area contributed by atoms with Crippen LogP contribution in [0.5, 0.6) is 11.5 Å². The van der Waals surface area contributed by atoms with Crippen LogP contribution in [0.2, 0.25) is 18.1 Å². The summed E-state index contributed by atoms with van der Waals surface area (Å²) in [5.41, 5.74) is 2.53. The number of unbranched alkanes of at least 4 members (excludes halogenated alkanes) is 1. The minimum atomic E-state index is -1.84. The van der Waals surface area contributed by atoms with Gasteiger partial charge in [0.15, 0.2) is 0 Å². The quantitative estimate of drug-likeness (QED) is 0.465. The summed E-state index contributed by atoms with van der Waals surface area (Å²) in [5, 5.41) is 0.206. The number of aryl methyl sites for hydroxylation is 2. The zero-order chi connectivity index (χ0) is 19.5. The fourth-order valence-corrected chi connectivity index (χ4v) is 4.41. The maximum absolute atomic E-state index is 6.70. The van der Waals surface area contributed by atoms with E-state index >= 15 is 0 Å². The van der Waals surface area contributed by atoms with Crippen molar-refractivity contribution in [1.29, 1.82) is 0 Å². The molecule has 1 fully saturated rings. The van der Waals surface area contributed by atoms with Crippen molar-refractivity contribution in [2.45, 2.75) is 104 Å². The monoisotopic (exact) mass is 376 g/mol. The van der Waals surface area contributed by atoms with Crippen molar-refractivity contribution in [2.75, 3.05) is 0 Å². The molecule has 2 rings (SSSR count). The highest BCUT2D eigenvalue weighted by Crippen LogP contribution is 2.40. The van der Waals surface area contributed by atoms with Crippen molar-refractivity contribution in [3.05, 3.63) is 23.3 Å². The Bertz CT molecular complexity index is 601. The molecule has 0 unspecified atom stereocenters. The van der Waals surface area contributed by atoms with Crippen molar-refractivity contribution in [1.82, 2.24) is 0 Å². The number of rotatable bonds is 7. The van der Waals surface area contributed by atoms with Crippen molar-refractivity contribution in [2.24, 2.45) is 5.92 Å². The number of hydrogen-bond donors (Lipinski definition) is 0. The van der Waals surface area contributed by atoms with Gasteiger partial charge in [-0.15, -0.1) is 0 Å². The van der Waals surface area contributed by atoms with Gasteiger partial charge < -0.3 is 9.16 Å². The van der Waals surface area contributed by atoms with Crippen LogP contribution in [0.25, 0.3) is 0 Å². The van der Waals surface area contributed by atoms with E-state index in [-0.39, 0.29) is 5.04 Å². The minimum Gasteiger partial charge on any atom is -0.543 e. The van der Waals surface area contributed by atoms with Gasteiger partial charge in [-0.2, -0.15) is 0 Å². The second-order valence-electron chi connectivity index (χ2n) is 9.76. The molecular formula is C23H40O2Si. The lowest BCUT2D eigenvalue weighted by Gasteiger charge is -2.37. The molecule has 2 nitrogen and oxygen atoms in total. The summed E-state index contributed by atoms with van der Waals surface area (Å²) in [7, 11) is -1.84. The molecule has 0 spiro atoms. The van der Waals surface area contributed by atoms with Gasteiger partial charge in [0.05, 0.1) is 0 Å². The number of ether oxygens (including phenoxy) is 1. The van der Waals surface area contributed by atoms with Gasteiger partial charge in [-0.1, -0.05) is 41.0 Å². The fourth-order valence-electron chi connectivity index (χ4n) is 3.37. The molecule has 0 radical (unpaired) electrons. The maximum atomic E-state index is 6.70. The van der Waals surface area contributed by atoms with E-state index in [1.165, 1.54) is 43.2 Å². The fraction of sp³-hybridized carbons (Fsp3) is 0.739.